The van der Waals surface area contributed by atoms with Gasteiger partial charge in [-0.25, -0.2) is 12.8 Å². The normalized spacial score (nSPS) is 18.8. The standard InChI is InChI=1S/C18H17FN2O4S/c1-11-6-7-15(13(8-11)12-4-2-3-5-14(12)19)21-18(23)16-9-26(24,25)10-17(22)20-16/h2-8,16H,9-10H2,1H3,(H,20,22)(H,21,23). The van der Waals surface area contributed by atoms with E-state index >= 15 is 0 Å². The Hall–Kier alpha value is -2.74. The summed E-state index contributed by atoms with van der Waals surface area (Å²) in [5, 5.41) is 4.98. The summed E-state index contributed by atoms with van der Waals surface area (Å²) in [5.41, 5.74) is 1.99. The molecule has 2 aromatic rings. The van der Waals surface area contributed by atoms with Crippen molar-refractivity contribution in [2.24, 2.45) is 0 Å². The molecule has 0 aliphatic carbocycles. The molecule has 8 heteroatoms. The monoisotopic (exact) mass is 376 g/mol. The molecule has 0 spiro atoms. The first-order valence-corrected chi connectivity index (χ1v) is 9.73. The fourth-order valence-corrected chi connectivity index (χ4v) is 4.16. The molecule has 1 aliphatic heterocycles. The lowest BCUT2D eigenvalue weighted by molar-refractivity contribution is -0.125. The van der Waals surface area contributed by atoms with Crippen molar-refractivity contribution in [1.29, 1.82) is 0 Å². The summed E-state index contributed by atoms with van der Waals surface area (Å²) < 4.78 is 37.6. The number of benzene rings is 2. The first-order valence-electron chi connectivity index (χ1n) is 7.91. The van der Waals surface area contributed by atoms with E-state index in [4.69, 9.17) is 0 Å². The Morgan fingerprint density at radius 1 is 1.19 bits per heavy atom. The summed E-state index contributed by atoms with van der Waals surface area (Å²) in [6.07, 6.45) is 0. The molecular weight excluding hydrogens is 359 g/mol. The van der Waals surface area contributed by atoms with Gasteiger partial charge in [-0.3, -0.25) is 9.59 Å². The van der Waals surface area contributed by atoms with E-state index in [2.05, 4.69) is 10.6 Å². The second kappa shape index (κ2) is 6.87. The molecule has 1 saturated heterocycles. The largest absolute Gasteiger partial charge is 0.342 e. The molecule has 1 heterocycles. The predicted molar refractivity (Wildman–Crippen MR) is 95.8 cm³/mol. The van der Waals surface area contributed by atoms with Crippen LogP contribution in [0.1, 0.15) is 5.56 Å². The first-order chi connectivity index (χ1) is 12.2. The zero-order chi connectivity index (χ0) is 18.9. The second-order valence-corrected chi connectivity index (χ2v) is 8.30. The fraction of sp³-hybridized carbons (Fsp3) is 0.222. The Kier molecular flexibility index (Phi) is 4.78. The van der Waals surface area contributed by atoms with E-state index in [-0.39, 0.29) is 0 Å². The van der Waals surface area contributed by atoms with Crippen LogP contribution in [0, 0.1) is 12.7 Å². The number of halogens is 1. The van der Waals surface area contributed by atoms with E-state index in [1.807, 2.05) is 6.92 Å². The molecule has 0 saturated carbocycles. The van der Waals surface area contributed by atoms with Crippen LogP contribution in [-0.4, -0.2) is 37.8 Å². The van der Waals surface area contributed by atoms with Gasteiger partial charge in [0.05, 0.1) is 5.75 Å². The number of aryl methyl sites for hydroxylation is 1. The zero-order valence-corrected chi connectivity index (χ0v) is 14.8. The van der Waals surface area contributed by atoms with Gasteiger partial charge in [-0.15, -0.1) is 0 Å². The third-order valence-electron chi connectivity index (χ3n) is 4.02. The van der Waals surface area contributed by atoms with Crippen LogP contribution >= 0.6 is 0 Å². The van der Waals surface area contributed by atoms with Crippen molar-refractivity contribution < 1.29 is 22.4 Å². The molecule has 1 atom stereocenters. The van der Waals surface area contributed by atoms with E-state index in [0.717, 1.165) is 5.56 Å². The number of hydrogen-bond acceptors (Lipinski definition) is 4. The molecule has 136 valence electrons. The minimum atomic E-state index is -3.63. The van der Waals surface area contributed by atoms with E-state index in [9.17, 15) is 22.4 Å². The third kappa shape index (κ3) is 3.91. The van der Waals surface area contributed by atoms with Crippen LogP contribution in [0.5, 0.6) is 0 Å². The molecule has 1 unspecified atom stereocenters. The van der Waals surface area contributed by atoms with Gasteiger partial charge < -0.3 is 10.6 Å². The summed E-state index contributed by atoms with van der Waals surface area (Å²) in [7, 11) is -3.63. The van der Waals surface area contributed by atoms with E-state index in [0.29, 0.717) is 16.8 Å². The summed E-state index contributed by atoms with van der Waals surface area (Å²) >= 11 is 0. The molecule has 2 N–H and O–H groups in total. The number of anilines is 1. The van der Waals surface area contributed by atoms with Crippen molar-refractivity contribution >= 4 is 27.3 Å². The van der Waals surface area contributed by atoms with E-state index in [1.54, 1.807) is 36.4 Å². The smallest absolute Gasteiger partial charge is 0.248 e. The number of sulfone groups is 1. The third-order valence-corrected chi connectivity index (χ3v) is 5.56. The molecule has 1 fully saturated rings. The Bertz CT molecular complexity index is 988. The highest BCUT2D eigenvalue weighted by Crippen LogP contribution is 2.31. The number of carbonyl (C=O) groups excluding carboxylic acids is 2. The number of carbonyl (C=O) groups is 2. The maximum Gasteiger partial charge on any atom is 0.248 e. The molecule has 0 bridgehead atoms. The lowest BCUT2D eigenvalue weighted by atomic mass is 10.0. The first kappa shape index (κ1) is 18.1. The van der Waals surface area contributed by atoms with Crippen molar-refractivity contribution in [3.63, 3.8) is 0 Å². The summed E-state index contributed by atoms with van der Waals surface area (Å²) in [5.74, 6) is -2.91. The van der Waals surface area contributed by atoms with Gasteiger partial charge in [0, 0.05) is 16.8 Å². The highest BCUT2D eigenvalue weighted by atomic mass is 32.2. The number of hydrogen-bond donors (Lipinski definition) is 2. The van der Waals surface area contributed by atoms with Crippen LogP contribution in [0.25, 0.3) is 11.1 Å². The number of rotatable bonds is 3. The van der Waals surface area contributed by atoms with Crippen LogP contribution < -0.4 is 10.6 Å². The lowest BCUT2D eigenvalue weighted by Gasteiger charge is -2.23. The van der Waals surface area contributed by atoms with Crippen LogP contribution in [0.4, 0.5) is 10.1 Å². The van der Waals surface area contributed by atoms with Gasteiger partial charge in [-0.1, -0.05) is 29.8 Å². The molecule has 2 amide bonds. The van der Waals surface area contributed by atoms with Gasteiger partial charge >= 0.3 is 0 Å². The molecule has 0 radical (unpaired) electrons. The Balaban J connectivity index is 1.92. The van der Waals surface area contributed by atoms with Gasteiger partial charge in [0.15, 0.2) is 9.84 Å². The Morgan fingerprint density at radius 3 is 2.62 bits per heavy atom. The minimum absolute atomic E-state index is 0.312. The van der Waals surface area contributed by atoms with Crippen LogP contribution in [-0.2, 0) is 19.4 Å². The Morgan fingerprint density at radius 2 is 1.92 bits per heavy atom. The average Bonchev–Trinajstić information content (AvgIpc) is 2.55. The predicted octanol–water partition coefficient (Wildman–Crippen LogP) is 1.65. The second-order valence-electron chi connectivity index (χ2n) is 6.19. The van der Waals surface area contributed by atoms with Gasteiger partial charge in [0.2, 0.25) is 11.8 Å². The van der Waals surface area contributed by atoms with Crippen molar-refractivity contribution in [2.75, 3.05) is 16.8 Å². The van der Waals surface area contributed by atoms with Crippen molar-refractivity contribution in [1.82, 2.24) is 5.32 Å². The number of nitrogens with one attached hydrogen (secondary N) is 2. The van der Waals surface area contributed by atoms with Crippen LogP contribution in [0.15, 0.2) is 42.5 Å². The van der Waals surface area contributed by atoms with Crippen LogP contribution in [0.3, 0.4) is 0 Å². The highest BCUT2D eigenvalue weighted by Gasteiger charge is 2.34. The number of amides is 2. The molecular formula is C18H17FN2O4S. The van der Waals surface area contributed by atoms with Crippen LogP contribution in [0.2, 0.25) is 0 Å². The molecule has 6 nitrogen and oxygen atoms in total. The van der Waals surface area contributed by atoms with E-state index < -0.39 is 45.0 Å². The maximum absolute atomic E-state index is 14.2. The molecule has 3 rings (SSSR count). The van der Waals surface area contributed by atoms with Crippen molar-refractivity contribution in [3.8, 4) is 11.1 Å². The average molecular weight is 376 g/mol. The Labute approximate surface area is 150 Å². The molecule has 26 heavy (non-hydrogen) atoms. The SMILES string of the molecule is Cc1ccc(NC(=O)C2CS(=O)(=O)CC(=O)N2)c(-c2ccccc2F)c1. The van der Waals surface area contributed by atoms with Gasteiger partial charge in [-0.05, 0) is 25.1 Å². The fourth-order valence-electron chi connectivity index (χ4n) is 2.82. The van der Waals surface area contributed by atoms with Gasteiger partial charge in [0.1, 0.15) is 17.6 Å². The van der Waals surface area contributed by atoms with E-state index in [1.165, 1.54) is 6.07 Å². The topological polar surface area (TPSA) is 92.3 Å². The minimum Gasteiger partial charge on any atom is -0.342 e. The quantitative estimate of drug-likeness (QED) is 0.852. The van der Waals surface area contributed by atoms with Gasteiger partial charge in [-0.2, -0.15) is 0 Å². The molecule has 1 aliphatic rings. The zero-order valence-electron chi connectivity index (χ0n) is 14.0. The lowest BCUT2D eigenvalue weighted by Crippen LogP contribution is -2.54. The summed E-state index contributed by atoms with van der Waals surface area (Å²) in [6, 6.07) is 10.1. The summed E-state index contributed by atoms with van der Waals surface area (Å²) in [6.45, 7) is 1.84. The highest BCUT2D eigenvalue weighted by molar-refractivity contribution is 7.92. The molecule has 0 aromatic heterocycles. The maximum atomic E-state index is 14.2. The van der Waals surface area contributed by atoms with Crippen molar-refractivity contribution in [3.05, 3.63) is 53.8 Å². The molecule has 2 aromatic carbocycles. The summed E-state index contributed by atoms with van der Waals surface area (Å²) in [4.78, 5) is 24.0. The van der Waals surface area contributed by atoms with Gasteiger partial charge in [0.25, 0.3) is 0 Å². The van der Waals surface area contributed by atoms with Crippen molar-refractivity contribution in [2.45, 2.75) is 13.0 Å².